The summed E-state index contributed by atoms with van der Waals surface area (Å²) in [6.45, 7) is 4.54. The van der Waals surface area contributed by atoms with Gasteiger partial charge in [0.1, 0.15) is 13.2 Å². The van der Waals surface area contributed by atoms with Gasteiger partial charge in [0.2, 0.25) is 0 Å². The number of fused-ring (bicyclic) bond motifs is 6. The summed E-state index contributed by atoms with van der Waals surface area (Å²) in [5.74, 6) is 3.65. The predicted molar refractivity (Wildman–Crippen MR) is 157 cm³/mol. The molecule has 3 saturated heterocycles. The average molecular weight is 740 g/mol. The first-order valence-corrected chi connectivity index (χ1v) is 14.2. The maximum absolute atomic E-state index is 9.63. The lowest BCUT2D eigenvalue weighted by atomic mass is 10.2. The lowest BCUT2D eigenvalue weighted by Crippen LogP contribution is -2.39. The van der Waals surface area contributed by atoms with Crippen LogP contribution in [0.2, 0.25) is 0 Å². The van der Waals surface area contributed by atoms with Gasteiger partial charge in [0.05, 0.1) is 44.1 Å². The Bertz CT molecular complexity index is 1080. The number of rotatable bonds is 2. The molecule has 7 rings (SSSR count). The lowest BCUT2D eigenvalue weighted by Gasteiger charge is -2.32. The van der Waals surface area contributed by atoms with E-state index in [1.807, 2.05) is 18.3 Å². The molecule has 9 nitrogen and oxygen atoms in total. The Balaban J connectivity index is 0.000000150. The third-order valence-corrected chi connectivity index (χ3v) is 8.80. The van der Waals surface area contributed by atoms with E-state index in [4.69, 9.17) is 18.9 Å². The number of aliphatic hydroxyl groups is 1. The highest BCUT2D eigenvalue weighted by molar-refractivity contribution is 14.1. The van der Waals surface area contributed by atoms with Crippen LogP contribution in [0.25, 0.3) is 0 Å². The highest BCUT2D eigenvalue weighted by Gasteiger charge is 2.40. The van der Waals surface area contributed by atoms with E-state index in [1.54, 1.807) is 6.20 Å². The summed E-state index contributed by atoms with van der Waals surface area (Å²) >= 11 is 4.55. The highest BCUT2D eigenvalue weighted by atomic mass is 127. The molecule has 2 aromatic heterocycles. The number of aliphatic hydroxyl groups excluding tert-OH is 1. The summed E-state index contributed by atoms with van der Waals surface area (Å²) in [6, 6.07) is 4.60. The fourth-order valence-electron chi connectivity index (χ4n) is 5.46. The first-order chi connectivity index (χ1) is 17.1. The number of anilines is 2. The quantitative estimate of drug-likeness (QED) is 0.468. The second-order valence-corrected chi connectivity index (χ2v) is 11.8. The van der Waals surface area contributed by atoms with Crippen molar-refractivity contribution in [2.24, 2.45) is 0 Å². The van der Waals surface area contributed by atoms with E-state index in [0.717, 1.165) is 75.9 Å². The molecule has 0 aromatic carbocycles. The molecule has 196 valence electrons. The molecule has 36 heavy (non-hydrogen) atoms. The molecule has 3 fully saturated rings. The van der Waals surface area contributed by atoms with E-state index in [0.29, 0.717) is 19.2 Å². The Morgan fingerprint density at radius 1 is 0.861 bits per heavy atom. The minimum absolute atomic E-state index is 0. The third kappa shape index (κ3) is 5.35. The van der Waals surface area contributed by atoms with Gasteiger partial charge in [0.25, 0.3) is 0 Å². The molecule has 5 atom stereocenters. The zero-order valence-electron chi connectivity index (χ0n) is 19.7. The summed E-state index contributed by atoms with van der Waals surface area (Å²) in [5.41, 5.74) is 0. The summed E-state index contributed by atoms with van der Waals surface area (Å²) in [5, 5.41) is 9.63. The van der Waals surface area contributed by atoms with Crippen LogP contribution in [-0.4, -0.2) is 85.0 Å². The van der Waals surface area contributed by atoms with Gasteiger partial charge in [0, 0.05) is 32.1 Å². The van der Waals surface area contributed by atoms with E-state index in [2.05, 4.69) is 64.9 Å². The molecule has 1 unspecified atom stereocenters. The number of halogens is 2. The van der Waals surface area contributed by atoms with Crippen molar-refractivity contribution >= 4 is 70.3 Å². The second kappa shape index (κ2) is 11.5. The van der Waals surface area contributed by atoms with E-state index >= 15 is 0 Å². The zero-order chi connectivity index (χ0) is 23.9. The van der Waals surface area contributed by atoms with Crippen molar-refractivity contribution in [3.8, 4) is 11.5 Å². The molecule has 0 amide bonds. The molecular formula is C24H30I2N4O5S. The van der Waals surface area contributed by atoms with Gasteiger partial charge in [-0.3, -0.25) is 0 Å². The van der Waals surface area contributed by atoms with Gasteiger partial charge >= 0.3 is 0 Å². The molecule has 2 aromatic rings. The van der Waals surface area contributed by atoms with Gasteiger partial charge in [-0.05, 0) is 76.6 Å². The lowest BCUT2D eigenvalue weighted by molar-refractivity contribution is -0.00632. The van der Waals surface area contributed by atoms with E-state index in [-0.39, 0.29) is 37.8 Å². The maximum atomic E-state index is 9.63. The van der Waals surface area contributed by atoms with Crippen LogP contribution in [0.4, 0.5) is 11.6 Å². The van der Waals surface area contributed by atoms with Crippen molar-refractivity contribution in [3.63, 3.8) is 0 Å². The molecule has 0 radical (unpaired) electrons. The van der Waals surface area contributed by atoms with Crippen molar-refractivity contribution in [1.29, 1.82) is 0 Å². The molecule has 0 saturated carbocycles. The second-order valence-electron chi connectivity index (χ2n) is 9.49. The van der Waals surface area contributed by atoms with Crippen molar-refractivity contribution in [3.05, 3.63) is 31.7 Å². The number of pyridine rings is 2. The van der Waals surface area contributed by atoms with E-state index in [9.17, 15) is 5.11 Å². The number of hydrogen-bond acceptors (Lipinski definition) is 9. The molecule has 0 bridgehead atoms. The molecule has 0 aliphatic carbocycles. The number of nitrogens with zero attached hydrogens (tertiary/aromatic N) is 4. The third-order valence-electron chi connectivity index (χ3n) is 7.10. The van der Waals surface area contributed by atoms with Gasteiger partial charge in [0.15, 0.2) is 23.1 Å². The van der Waals surface area contributed by atoms with Crippen molar-refractivity contribution < 1.29 is 24.1 Å². The van der Waals surface area contributed by atoms with Gasteiger partial charge < -0.3 is 33.9 Å². The Morgan fingerprint density at radius 2 is 1.47 bits per heavy atom. The Kier molecular flexibility index (Phi) is 8.57. The number of aromatic nitrogens is 2. The molecule has 7 heterocycles. The van der Waals surface area contributed by atoms with Gasteiger partial charge in [-0.1, -0.05) is 0 Å². The topological polar surface area (TPSA) is 89.4 Å². The molecule has 0 spiro atoms. The minimum Gasteiger partial charge on any atom is -0.486 e. The van der Waals surface area contributed by atoms with Crippen LogP contribution in [0.1, 0.15) is 19.3 Å². The van der Waals surface area contributed by atoms with Crippen LogP contribution in [-0.2, 0) is 9.47 Å². The monoisotopic (exact) mass is 740 g/mol. The molecule has 12 heteroatoms. The highest BCUT2D eigenvalue weighted by Crippen LogP contribution is 2.40. The van der Waals surface area contributed by atoms with Crippen LogP contribution in [0, 0.1) is 7.14 Å². The fraction of sp³-hybridized carbons (Fsp3) is 0.583. The summed E-state index contributed by atoms with van der Waals surface area (Å²) in [7, 11) is 0. The fourth-order valence-corrected chi connectivity index (χ4v) is 6.57. The van der Waals surface area contributed by atoms with Crippen LogP contribution in [0.15, 0.2) is 24.5 Å². The maximum Gasteiger partial charge on any atom is 0.175 e. The Hall–Kier alpha value is -0.810. The first kappa shape index (κ1) is 26.8. The van der Waals surface area contributed by atoms with Crippen LogP contribution in [0.5, 0.6) is 11.5 Å². The van der Waals surface area contributed by atoms with Crippen molar-refractivity contribution in [2.75, 3.05) is 49.3 Å². The average Bonchev–Trinajstić information content (AvgIpc) is 3.59. The summed E-state index contributed by atoms with van der Waals surface area (Å²) in [6.07, 6.45) is 6.75. The normalized spacial score (nSPS) is 29.5. The largest absolute Gasteiger partial charge is 0.486 e. The van der Waals surface area contributed by atoms with Crippen molar-refractivity contribution in [2.45, 2.75) is 49.7 Å². The molecule has 5 aliphatic rings. The van der Waals surface area contributed by atoms with Crippen LogP contribution >= 0.6 is 58.7 Å². The number of hydrogen-bond donors (Lipinski definition) is 1. The van der Waals surface area contributed by atoms with E-state index in [1.165, 1.54) is 0 Å². The number of ether oxygens (including phenoxy) is 4. The predicted octanol–water partition coefficient (Wildman–Crippen LogP) is 2.96. The van der Waals surface area contributed by atoms with Gasteiger partial charge in [-0.15, -0.1) is 0 Å². The first-order valence-electron chi connectivity index (χ1n) is 12.1. The zero-order valence-corrected chi connectivity index (χ0v) is 25.0. The smallest absolute Gasteiger partial charge is 0.175 e. The SMILES string of the molecule is Ic1ccnc2c1OC[C@@H]1C[C@H](OC3CCOC3)CN21.O[C@H]1C[C@H]2COc3c(I)ccnc3N2C1.S. The molecular weight excluding hydrogens is 710 g/mol. The van der Waals surface area contributed by atoms with Gasteiger partial charge in [-0.25, -0.2) is 9.97 Å². The Morgan fingerprint density at radius 3 is 2.08 bits per heavy atom. The van der Waals surface area contributed by atoms with Crippen LogP contribution in [0.3, 0.4) is 0 Å². The minimum atomic E-state index is -0.246. The van der Waals surface area contributed by atoms with Gasteiger partial charge in [-0.2, -0.15) is 13.5 Å². The Labute approximate surface area is 244 Å². The summed E-state index contributed by atoms with van der Waals surface area (Å²) in [4.78, 5) is 13.4. The van der Waals surface area contributed by atoms with Crippen molar-refractivity contribution in [1.82, 2.24) is 9.97 Å². The molecule has 1 N–H and O–H groups in total. The standard InChI is InChI=1S/C14H17IN2O3.C10H11IN2O2.H2S/c15-12-1-3-16-14-13(12)19-7-9-5-11(6-17(9)14)20-10-2-4-18-8-10;11-8-1-2-12-10-9(8)15-5-6-3-7(14)4-13(6)10;/h1,3,9-11H,2,4-8H2;1-2,6-7,14H,3-5H2;1H2/t9-,10?,11-;6-,7-;/m00./s1. The summed E-state index contributed by atoms with van der Waals surface area (Å²) < 4.78 is 25.3. The van der Waals surface area contributed by atoms with E-state index < -0.39 is 0 Å². The van der Waals surface area contributed by atoms with Crippen LogP contribution < -0.4 is 19.3 Å². The molecule has 5 aliphatic heterocycles.